The van der Waals surface area contributed by atoms with Crippen LogP contribution in [0.1, 0.15) is 39.4 Å². The highest BCUT2D eigenvalue weighted by Gasteiger charge is 2.14. The lowest BCUT2D eigenvalue weighted by atomic mass is 10.1. The molecule has 0 aliphatic carbocycles. The maximum absolute atomic E-state index is 10.9. The van der Waals surface area contributed by atoms with Crippen LogP contribution in [0.2, 0.25) is 0 Å². The maximum Gasteiger partial charge on any atom is 0.308 e. The van der Waals surface area contributed by atoms with Crippen molar-refractivity contribution >= 4 is 5.97 Å². The molecule has 2 N–H and O–H groups in total. The molecule has 0 spiro atoms. The van der Waals surface area contributed by atoms with E-state index >= 15 is 0 Å². The molecule has 0 heterocycles. The summed E-state index contributed by atoms with van der Waals surface area (Å²) in [5, 5.41) is 13.3. The predicted molar refractivity (Wildman–Crippen MR) is 70.5 cm³/mol. The van der Waals surface area contributed by atoms with Gasteiger partial charge in [0, 0.05) is 19.0 Å². The summed E-state index contributed by atoms with van der Waals surface area (Å²) >= 11 is 0. The Morgan fingerprint density at radius 3 is 2.67 bits per heavy atom. The number of hydrogen-bond donors (Lipinski definition) is 2. The second-order valence-electron chi connectivity index (χ2n) is 5.31. The summed E-state index contributed by atoms with van der Waals surface area (Å²) in [7, 11) is 0. The van der Waals surface area contributed by atoms with E-state index in [4.69, 9.17) is 4.74 Å². The topological polar surface area (TPSA) is 58.6 Å². The molecule has 0 aromatic heterocycles. The lowest BCUT2D eigenvalue weighted by Crippen LogP contribution is -2.38. The molecule has 0 radical (unpaired) electrons. The number of aliphatic hydroxyl groups excluding tert-OH is 1. The van der Waals surface area contributed by atoms with Gasteiger partial charge in [0.1, 0.15) is 5.75 Å². The first-order valence-corrected chi connectivity index (χ1v) is 5.99. The number of carbonyl (C=O) groups is 1. The van der Waals surface area contributed by atoms with E-state index in [0.717, 1.165) is 5.56 Å². The number of aliphatic hydroxyl groups is 1. The third-order valence-electron chi connectivity index (χ3n) is 2.33. The number of β-amino-alcohol motifs (C(OH)–C–C–N with tert-alkyl or cyclic N) is 1. The molecule has 1 atom stereocenters. The minimum absolute atomic E-state index is 0.0471. The highest BCUT2D eigenvalue weighted by atomic mass is 16.5. The molecule has 1 aromatic carbocycles. The van der Waals surface area contributed by atoms with Gasteiger partial charge in [-0.1, -0.05) is 12.1 Å². The van der Waals surface area contributed by atoms with Crippen LogP contribution in [0.4, 0.5) is 0 Å². The van der Waals surface area contributed by atoms with Gasteiger partial charge in [-0.3, -0.25) is 4.79 Å². The van der Waals surface area contributed by atoms with Crippen molar-refractivity contribution in [2.45, 2.75) is 39.3 Å². The molecule has 0 aliphatic rings. The molecule has 4 heteroatoms. The Kier molecular flexibility index (Phi) is 4.87. The Hall–Kier alpha value is -1.39. The van der Waals surface area contributed by atoms with Gasteiger partial charge in [-0.15, -0.1) is 0 Å². The highest BCUT2D eigenvalue weighted by Crippen LogP contribution is 2.19. The van der Waals surface area contributed by atoms with E-state index in [0.29, 0.717) is 12.3 Å². The molecule has 0 amide bonds. The van der Waals surface area contributed by atoms with Crippen molar-refractivity contribution in [2.75, 3.05) is 6.54 Å². The summed E-state index contributed by atoms with van der Waals surface area (Å²) < 4.78 is 4.98. The average Bonchev–Trinajstić information content (AvgIpc) is 2.24. The smallest absolute Gasteiger partial charge is 0.308 e. The van der Waals surface area contributed by atoms with Crippen LogP contribution in [0.3, 0.4) is 0 Å². The summed E-state index contributed by atoms with van der Waals surface area (Å²) in [4.78, 5) is 10.9. The Bertz CT molecular complexity index is 410. The predicted octanol–water partition coefficient (Wildman–Crippen LogP) is 2.03. The zero-order valence-electron chi connectivity index (χ0n) is 11.4. The molecule has 0 fully saturated rings. The molecule has 0 aliphatic heterocycles. The fourth-order valence-corrected chi connectivity index (χ4v) is 1.47. The molecule has 0 saturated heterocycles. The minimum Gasteiger partial charge on any atom is -0.427 e. The lowest BCUT2D eigenvalue weighted by Gasteiger charge is -2.23. The van der Waals surface area contributed by atoms with Gasteiger partial charge in [-0.05, 0) is 38.5 Å². The standard InChI is InChI=1S/C14H21NO3/c1-10(16)18-12-7-5-6-11(8-12)13(17)9-15-14(2,3)4/h5-8,13,15,17H,9H2,1-4H3. The van der Waals surface area contributed by atoms with Crippen LogP contribution in [0, 0.1) is 0 Å². The van der Waals surface area contributed by atoms with Crippen molar-refractivity contribution in [3.05, 3.63) is 29.8 Å². The van der Waals surface area contributed by atoms with Crippen molar-refractivity contribution in [3.63, 3.8) is 0 Å². The first-order valence-electron chi connectivity index (χ1n) is 5.99. The summed E-state index contributed by atoms with van der Waals surface area (Å²) in [6.45, 7) is 7.91. The van der Waals surface area contributed by atoms with Gasteiger partial charge >= 0.3 is 5.97 Å². The quantitative estimate of drug-likeness (QED) is 0.635. The van der Waals surface area contributed by atoms with Crippen molar-refractivity contribution in [2.24, 2.45) is 0 Å². The van der Waals surface area contributed by atoms with E-state index in [-0.39, 0.29) is 11.5 Å². The number of benzene rings is 1. The summed E-state index contributed by atoms with van der Waals surface area (Å²) in [6.07, 6.45) is -0.625. The number of rotatable bonds is 4. The summed E-state index contributed by atoms with van der Waals surface area (Å²) in [6, 6.07) is 6.93. The lowest BCUT2D eigenvalue weighted by molar-refractivity contribution is -0.131. The monoisotopic (exact) mass is 251 g/mol. The SMILES string of the molecule is CC(=O)Oc1cccc(C(O)CNC(C)(C)C)c1. The van der Waals surface area contributed by atoms with Gasteiger partial charge in [0.2, 0.25) is 0 Å². The second kappa shape index (κ2) is 5.98. The molecule has 0 bridgehead atoms. The minimum atomic E-state index is -0.625. The van der Waals surface area contributed by atoms with Gasteiger partial charge in [0.15, 0.2) is 0 Å². The Morgan fingerprint density at radius 1 is 1.44 bits per heavy atom. The summed E-state index contributed by atoms with van der Waals surface area (Å²) in [5.74, 6) is 0.0873. The molecule has 4 nitrogen and oxygen atoms in total. The Morgan fingerprint density at radius 2 is 2.11 bits per heavy atom. The number of esters is 1. The molecule has 0 saturated carbocycles. The van der Waals surface area contributed by atoms with Crippen LogP contribution < -0.4 is 10.1 Å². The number of ether oxygens (including phenoxy) is 1. The molecule has 1 aromatic rings. The van der Waals surface area contributed by atoms with E-state index in [2.05, 4.69) is 5.32 Å². The third-order valence-corrected chi connectivity index (χ3v) is 2.33. The van der Waals surface area contributed by atoms with Gasteiger partial charge < -0.3 is 15.2 Å². The number of nitrogens with one attached hydrogen (secondary N) is 1. The third kappa shape index (κ3) is 5.29. The van der Waals surface area contributed by atoms with E-state index in [1.165, 1.54) is 6.92 Å². The maximum atomic E-state index is 10.9. The largest absolute Gasteiger partial charge is 0.427 e. The highest BCUT2D eigenvalue weighted by molar-refractivity contribution is 5.69. The molecule has 100 valence electrons. The van der Waals surface area contributed by atoms with Crippen molar-refractivity contribution in [3.8, 4) is 5.75 Å². The first-order chi connectivity index (χ1) is 8.28. The van der Waals surface area contributed by atoms with Gasteiger partial charge in [0.05, 0.1) is 6.10 Å². The van der Waals surface area contributed by atoms with Crippen LogP contribution in [-0.4, -0.2) is 23.2 Å². The first kappa shape index (κ1) is 14.7. The zero-order valence-corrected chi connectivity index (χ0v) is 11.4. The van der Waals surface area contributed by atoms with E-state index in [1.54, 1.807) is 18.2 Å². The zero-order chi connectivity index (χ0) is 13.8. The van der Waals surface area contributed by atoms with Crippen LogP contribution in [0.25, 0.3) is 0 Å². The second-order valence-corrected chi connectivity index (χ2v) is 5.31. The number of hydrogen-bond acceptors (Lipinski definition) is 4. The van der Waals surface area contributed by atoms with Crippen LogP contribution in [0.5, 0.6) is 5.75 Å². The summed E-state index contributed by atoms with van der Waals surface area (Å²) in [5.41, 5.74) is 0.680. The fourth-order valence-electron chi connectivity index (χ4n) is 1.47. The Labute approximate surface area is 108 Å². The number of carbonyl (C=O) groups excluding carboxylic acids is 1. The van der Waals surface area contributed by atoms with Crippen molar-refractivity contribution in [1.82, 2.24) is 5.32 Å². The van der Waals surface area contributed by atoms with Crippen LogP contribution >= 0.6 is 0 Å². The van der Waals surface area contributed by atoms with Gasteiger partial charge in [-0.25, -0.2) is 0 Å². The van der Waals surface area contributed by atoms with E-state index < -0.39 is 6.10 Å². The van der Waals surface area contributed by atoms with Crippen LogP contribution in [0.15, 0.2) is 24.3 Å². The van der Waals surface area contributed by atoms with Crippen molar-refractivity contribution in [1.29, 1.82) is 0 Å². The van der Waals surface area contributed by atoms with Crippen molar-refractivity contribution < 1.29 is 14.6 Å². The normalized spacial score (nSPS) is 13.2. The molecule has 1 rings (SSSR count). The Balaban J connectivity index is 2.68. The van der Waals surface area contributed by atoms with Crippen LogP contribution in [-0.2, 0) is 4.79 Å². The molecule has 18 heavy (non-hydrogen) atoms. The molecule has 1 unspecified atom stereocenters. The van der Waals surface area contributed by atoms with E-state index in [9.17, 15) is 9.90 Å². The van der Waals surface area contributed by atoms with Gasteiger partial charge in [0.25, 0.3) is 0 Å². The average molecular weight is 251 g/mol. The van der Waals surface area contributed by atoms with E-state index in [1.807, 2.05) is 26.8 Å². The van der Waals surface area contributed by atoms with Gasteiger partial charge in [-0.2, -0.15) is 0 Å². The molecular weight excluding hydrogens is 230 g/mol. The molecular formula is C14H21NO3. The fraction of sp³-hybridized carbons (Fsp3) is 0.500.